The van der Waals surface area contributed by atoms with Crippen molar-refractivity contribution in [1.82, 2.24) is 4.90 Å². The van der Waals surface area contributed by atoms with Gasteiger partial charge in [-0.2, -0.15) is 0 Å². The van der Waals surface area contributed by atoms with Crippen molar-refractivity contribution in [2.75, 3.05) is 20.3 Å². The molecule has 0 aliphatic carbocycles. The van der Waals surface area contributed by atoms with Crippen molar-refractivity contribution in [2.45, 2.75) is 22.7 Å². The lowest BCUT2D eigenvalue weighted by Crippen LogP contribution is -2.49. The molecule has 9 heteroatoms. The van der Waals surface area contributed by atoms with Gasteiger partial charge in [-0.25, -0.2) is 13.2 Å². The van der Waals surface area contributed by atoms with E-state index < -0.39 is 34.0 Å². The number of cyclic esters (lactones) is 1. The summed E-state index contributed by atoms with van der Waals surface area (Å²) in [6.07, 6.45) is -0.424. The van der Waals surface area contributed by atoms with Gasteiger partial charge < -0.3 is 14.6 Å². The van der Waals surface area contributed by atoms with Gasteiger partial charge in [0, 0.05) is 4.47 Å². The number of benzene rings is 2. The molecule has 1 N–H and O–H groups in total. The highest BCUT2D eigenvalue weighted by Gasteiger charge is 2.44. The Labute approximate surface area is 171 Å². The van der Waals surface area contributed by atoms with Crippen LogP contribution in [0.1, 0.15) is 5.56 Å². The van der Waals surface area contributed by atoms with E-state index in [4.69, 9.17) is 9.47 Å². The summed E-state index contributed by atoms with van der Waals surface area (Å²) in [5.74, 6) is 0.644. The number of hydrogen-bond donors (Lipinski definition) is 1. The molecular weight excluding hydrogens is 450 g/mol. The smallest absolute Gasteiger partial charge is 0.411 e. The van der Waals surface area contributed by atoms with Crippen molar-refractivity contribution in [3.05, 3.63) is 58.6 Å². The van der Waals surface area contributed by atoms with Crippen LogP contribution in [0.2, 0.25) is 0 Å². The normalized spacial score (nSPS) is 18.0. The Morgan fingerprint density at radius 3 is 2.64 bits per heavy atom. The third-order valence-electron chi connectivity index (χ3n) is 4.61. The lowest BCUT2D eigenvalue weighted by Gasteiger charge is -2.29. The zero-order chi connectivity index (χ0) is 20.3. The van der Waals surface area contributed by atoms with E-state index in [1.165, 1.54) is 12.1 Å². The van der Waals surface area contributed by atoms with E-state index in [0.29, 0.717) is 12.2 Å². The number of halogens is 1. The van der Waals surface area contributed by atoms with Crippen LogP contribution < -0.4 is 4.74 Å². The van der Waals surface area contributed by atoms with Crippen molar-refractivity contribution in [2.24, 2.45) is 0 Å². The highest BCUT2D eigenvalue weighted by Crippen LogP contribution is 2.30. The molecule has 28 heavy (non-hydrogen) atoms. The average molecular weight is 470 g/mol. The molecule has 1 fully saturated rings. The van der Waals surface area contributed by atoms with Crippen LogP contribution in [0.3, 0.4) is 0 Å². The first-order valence-electron chi connectivity index (χ1n) is 8.55. The Bertz CT molecular complexity index is 950. The molecule has 2 aromatic carbocycles. The summed E-state index contributed by atoms with van der Waals surface area (Å²) in [7, 11) is -2.43. The lowest BCUT2D eigenvalue weighted by molar-refractivity contribution is 0.139. The third kappa shape index (κ3) is 4.01. The molecule has 3 rings (SSSR count). The first-order chi connectivity index (χ1) is 13.4. The van der Waals surface area contributed by atoms with E-state index in [-0.39, 0.29) is 11.5 Å². The molecule has 1 aliphatic rings. The minimum absolute atomic E-state index is 0.0310. The van der Waals surface area contributed by atoms with Crippen LogP contribution in [0.15, 0.2) is 57.9 Å². The van der Waals surface area contributed by atoms with Crippen LogP contribution in [-0.4, -0.2) is 56.3 Å². The summed E-state index contributed by atoms with van der Waals surface area (Å²) in [4.78, 5) is 13.5. The van der Waals surface area contributed by atoms with Gasteiger partial charge in [-0.3, -0.25) is 4.90 Å². The number of carbonyl (C=O) groups is 1. The molecule has 2 atom stereocenters. The molecule has 0 spiro atoms. The van der Waals surface area contributed by atoms with E-state index >= 15 is 0 Å². The Morgan fingerprint density at radius 2 is 2.00 bits per heavy atom. The summed E-state index contributed by atoms with van der Waals surface area (Å²) < 4.78 is 37.2. The molecule has 1 heterocycles. The number of amides is 1. The summed E-state index contributed by atoms with van der Waals surface area (Å²) in [5, 5.41) is 8.43. The molecule has 150 valence electrons. The van der Waals surface area contributed by atoms with Gasteiger partial charge in [0.25, 0.3) is 0 Å². The number of carbonyl (C=O) groups excluding carboxylic acids is 1. The fraction of sp³-hybridized carbons (Fsp3) is 0.316. The number of nitrogens with zero attached hydrogens (tertiary/aromatic N) is 1. The largest absolute Gasteiger partial charge is 0.497 e. The van der Waals surface area contributed by atoms with Gasteiger partial charge in [0.15, 0.2) is 5.37 Å². The molecule has 1 saturated heterocycles. The van der Waals surface area contributed by atoms with Gasteiger partial charge in [-0.15, -0.1) is 0 Å². The van der Waals surface area contributed by atoms with Crippen LogP contribution >= 0.6 is 15.9 Å². The number of aliphatic hydroxyl groups excluding tert-OH is 1. The van der Waals surface area contributed by atoms with Crippen LogP contribution in [-0.2, 0) is 21.0 Å². The molecule has 0 bridgehead atoms. The summed E-state index contributed by atoms with van der Waals surface area (Å²) in [5.41, 5.74) is 0.835. The van der Waals surface area contributed by atoms with E-state index in [1.54, 1.807) is 31.4 Å². The van der Waals surface area contributed by atoms with Crippen molar-refractivity contribution in [3.63, 3.8) is 0 Å². The fourth-order valence-corrected chi connectivity index (χ4v) is 5.19. The van der Waals surface area contributed by atoms with Crippen molar-refractivity contribution in [1.29, 1.82) is 0 Å². The molecular formula is C19H20BrNO6S. The third-order valence-corrected chi connectivity index (χ3v) is 7.40. The predicted molar refractivity (Wildman–Crippen MR) is 106 cm³/mol. The second kappa shape index (κ2) is 8.50. The predicted octanol–water partition coefficient (Wildman–Crippen LogP) is 2.61. The quantitative estimate of drug-likeness (QED) is 0.669. The Balaban J connectivity index is 1.93. The maximum atomic E-state index is 13.0. The molecule has 0 saturated carbocycles. The molecule has 0 radical (unpaired) electrons. The van der Waals surface area contributed by atoms with E-state index in [1.807, 2.05) is 12.1 Å². The highest BCUT2D eigenvalue weighted by atomic mass is 79.9. The molecule has 0 aromatic heterocycles. The molecule has 7 nitrogen and oxygen atoms in total. The minimum atomic E-state index is -3.98. The second-order valence-electron chi connectivity index (χ2n) is 6.29. The van der Waals surface area contributed by atoms with Gasteiger partial charge in [-0.05, 0) is 42.3 Å². The lowest BCUT2D eigenvalue weighted by atomic mass is 10.1. The molecule has 1 aliphatic heterocycles. The first kappa shape index (κ1) is 20.6. The first-order valence-corrected chi connectivity index (χ1v) is 10.9. The molecule has 2 aromatic rings. The number of aliphatic hydroxyl groups is 1. The van der Waals surface area contributed by atoms with Crippen molar-refractivity contribution < 1.29 is 27.8 Å². The van der Waals surface area contributed by atoms with Crippen LogP contribution in [0.4, 0.5) is 4.79 Å². The minimum Gasteiger partial charge on any atom is -0.497 e. The number of hydrogen-bond acceptors (Lipinski definition) is 6. The monoisotopic (exact) mass is 469 g/mol. The molecule has 2 unspecified atom stereocenters. The number of ether oxygens (including phenoxy) is 2. The highest BCUT2D eigenvalue weighted by molar-refractivity contribution is 9.10. The second-order valence-corrected chi connectivity index (χ2v) is 9.25. The Morgan fingerprint density at radius 1 is 1.29 bits per heavy atom. The molecule has 1 amide bonds. The van der Waals surface area contributed by atoms with Gasteiger partial charge in [0.2, 0.25) is 9.84 Å². The van der Waals surface area contributed by atoms with Gasteiger partial charge in [-0.1, -0.05) is 34.1 Å². The zero-order valence-corrected chi connectivity index (χ0v) is 17.5. The standard InChI is InChI=1S/C19H20BrNO6S/c1-26-15-7-8-17(20)13(10-15)9-14-12-27-19(23)21(14)18(11-22)28(24,25)16-5-3-2-4-6-16/h2-8,10,14,18,22H,9,11-12H2,1H3. The average Bonchev–Trinajstić information content (AvgIpc) is 3.05. The van der Waals surface area contributed by atoms with Crippen molar-refractivity contribution >= 4 is 31.9 Å². The van der Waals surface area contributed by atoms with E-state index in [9.17, 15) is 18.3 Å². The van der Waals surface area contributed by atoms with Gasteiger partial charge in [0.05, 0.1) is 24.7 Å². The number of sulfone groups is 1. The maximum Gasteiger partial charge on any atom is 0.411 e. The topological polar surface area (TPSA) is 93.1 Å². The van der Waals surface area contributed by atoms with Gasteiger partial charge >= 0.3 is 6.09 Å². The fourth-order valence-electron chi connectivity index (χ4n) is 3.17. The summed E-state index contributed by atoms with van der Waals surface area (Å²) >= 11 is 3.46. The van der Waals surface area contributed by atoms with Crippen LogP contribution in [0.5, 0.6) is 5.75 Å². The van der Waals surface area contributed by atoms with Crippen LogP contribution in [0.25, 0.3) is 0 Å². The Kier molecular flexibility index (Phi) is 6.26. The maximum absolute atomic E-state index is 13.0. The van der Waals surface area contributed by atoms with Crippen molar-refractivity contribution in [3.8, 4) is 5.75 Å². The SMILES string of the molecule is COc1ccc(Br)c(CC2COC(=O)N2C(CO)S(=O)(=O)c2ccccc2)c1. The van der Waals surface area contributed by atoms with Crippen LogP contribution in [0, 0.1) is 0 Å². The summed E-state index contributed by atoms with van der Waals surface area (Å²) in [6, 6.07) is 12.6. The van der Waals surface area contributed by atoms with E-state index in [0.717, 1.165) is 14.9 Å². The Hall–Kier alpha value is -2.10. The summed E-state index contributed by atoms with van der Waals surface area (Å²) in [6.45, 7) is -0.703. The van der Waals surface area contributed by atoms with Gasteiger partial charge in [0.1, 0.15) is 12.4 Å². The number of rotatable bonds is 7. The van der Waals surface area contributed by atoms with E-state index in [2.05, 4.69) is 15.9 Å². The zero-order valence-electron chi connectivity index (χ0n) is 15.1. The number of methoxy groups -OCH3 is 1.